The lowest BCUT2D eigenvalue weighted by molar-refractivity contribution is 0.384. The lowest BCUT2D eigenvalue weighted by Crippen LogP contribution is -2.37. The number of halogens is 5. The molecule has 2 aromatic carbocycles. The molecule has 0 aliphatic carbocycles. The average molecular weight is 300 g/mol. The number of hydrogen-bond donors (Lipinski definition) is 0. The Morgan fingerprint density at radius 2 is 1.33 bits per heavy atom. The molecule has 2 aromatic rings. The van der Waals surface area contributed by atoms with Crippen LogP contribution in [0.25, 0.3) is 0 Å². The fourth-order valence-electron chi connectivity index (χ4n) is 1.92. The van der Waals surface area contributed by atoms with Gasteiger partial charge in [0.25, 0.3) is 0 Å². The first-order valence-electron chi connectivity index (χ1n) is 6.54. The van der Waals surface area contributed by atoms with Crippen LogP contribution in [-0.2, 0) is 0 Å². The quantitative estimate of drug-likeness (QED) is 0.362. The third-order valence-electron chi connectivity index (χ3n) is 2.96. The molecule has 0 bridgehead atoms. The maximum atomic E-state index is 13.8. The fourth-order valence-corrected chi connectivity index (χ4v) is 1.92. The third kappa shape index (κ3) is 2.72. The summed E-state index contributed by atoms with van der Waals surface area (Å²) in [5.74, 6) is -10.3. The molecule has 0 radical (unpaired) electrons. The topological polar surface area (TPSA) is 3.24 Å². The van der Waals surface area contributed by atoms with Crippen molar-refractivity contribution in [3.05, 3.63) is 53.4 Å². The molecule has 0 amide bonds. The SMILES string of the molecule is [2H]B(c1ccccc1N(C)C)c1c(F)c(F)c(F)c(F)c1F. The number of rotatable bonds is 3. The maximum Gasteiger partial charge on any atom is 0.203 e. The van der Waals surface area contributed by atoms with E-state index < -0.39 is 41.8 Å². The van der Waals surface area contributed by atoms with Crippen LogP contribution in [-0.4, -0.2) is 22.7 Å². The zero-order valence-electron chi connectivity index (χ0n) is 12.2. The molecule has 0 unspecified atom stereocenters. The van der Waals surface area contributed by atoms with Crippen LogP contribution in [0, 0.1) is 29.1 Å². The van der Waals surface area contributed by atoms with E-state index in [1.807, 2.05) is 0 Å². The van der Waals surface area contributed by atoms with Gasteiger partial charge in [0, 0.05) is 19.8 Å². The van der Waals surface area contributed by atoms with Crippen molar-refractivity contribution in [2.24, 2.45) is 0 Å². The minimum atomic E-state index is -2.23. The number of anilines is 1. The van der Waals surface area contributed by atoms with Crippen molar-refractivity contribution in [3.63, 3.8) is 0 Å². The van der Waals surface area contributed by atoms with Crippen LogP contribution in [0.4, 0.5) is 27.6 Å². The van der Waals surface area contributed by atoms with Gasteiger partial charge in [-0.1, -0.05) is 23.7 Å². The van der Waals surface area contributed by atoms with Gasteiger partial charge < -0.3 is 4.90 Å². The van der Waals surface area contributed by atoms with Gasteiger partial charge in [-0.05, 0) is 12.9 Å². The van der Waals surface area contributed by atoms with E-state index in [1.54, 1.807) is 31.1 Å². The number of nitrogens with zero attached hydrogens (tertiary/aromatic N) is 1. The van der Waals surface area contributed by atoms with E-state index in [0.717, 1.165) is 0 Å². The molecule has 0 aliphatic heterocycles. The van der Waals surface area contributed by atoms with Crippen LogP contribution >= 0.6 is 0 Å². The van der Waals surface area contributed by atoms with Crippen molar-refractivity contribution in [1.82, 2.24) is 0 Å². The van der Waals surface area contributed by atoms with Crippen molar-refractivity contribution in [2.75, 3.05) is 19.0 Å². The predicted octanol–water partition coefficient (Wildman–Crippen LogP) is 1.84. The van der Waals surface area contributed by atoms with Crippen LogP contribution in [0.2, 0.25) is 0 Å². The standard InChI is InChI=1S/C14H11BF5N/c1-21(2)8-6-4-3-5-7(8)15-9-10(16)12(18)14(20)13(19)11(9)17/h3-6,15H,1-2H3/i15D. The fraction of sp³-hybridized carbons (Fsp3) is 0.143. The summed E-state index contributed by atoms with van der Waals surface area (Å²) in [6.07, 6.45) is 0. The summed E-state index contributed by atoms with van der Waals surface area (Å²) in [6, 6.07) is 6.16. The van der Waals surface area contributed by atoms with E-state index in [0.29, 0.717) is 5.69 Å². The van der Waals surface area contributed by atoms with Gasteiger partial charge >= 0.3 is 0 Å². The van der Waals surface area contributed by atoms with E-state index >= 15 is 0 Å². The van der Waals surface area contributed by atoms with Crippen LogP contribution in [0.15, 0.2) is 24.3 Å². The summed E-state index contributed by atoms with van der Waals surface area (Å²) in [6.45, 7) is 0. The van der Waals surface area contributed by atoms with Gasteiger partial charge in [-0.25, -0.2) is 22.0 Å². The second kappa shape index (κ2) is 5.75. The smallest absolute Gasteiger partial charge is 0.203 e. The predicted molar refractivity (Wildman–Crippen MR) is 73.4 cm³/mol. The van der Waals surface area contributed by atoms with Gasteiger partial charge in [0.2, 0.25) is 7.24 Å². The van der Waals surface area contributed by atoms with Crippen LogP contribution < -0.4 is 15.8 Å². The molecule has 0 heterocycles. The summed E-state index contributed by atoms with van der Waals surface area (Å²) in [4.78, 5) is 1.59. The van der Waals surface area contributed by atoms with E-state index in [-0.39, 0.29) is 5.46 Å². The molecule has 0 spiro atoms. The molecule has 0 N–H and O–H groups in total. The molecule has 7 heteroatoms. The first-order valence-corrected chi connectivity index (χ1v) is 5.97. The highest BCUT2D eigenvalue weighted by Crippen LogP contribution is 2.16. The highest BCUT2D eigenvalue weighted by Gasteiger charge is 2.26. The largest absolute Gasteiger partial charge is 0.378 e. The summed E-state index contributed by atoms with van der Waals surface area (Å²) in [5.41, 5.74) is -0.576. The van der Waals surface area contributed by atoms with Crippen molar-refractivity contribution in [1.29, 1.82) is 1.34 Å². The normalized spacial score (nSPS) is 11.3. The Balaban J connectivity index is 2.68. The van der Waals surface area contributed by atoms with Gasteiger partial charge in [-0.15, -0.1) is 0 Å². The Morgan fingerprint density at radius 3 is 1.86 bits per heavy atom. The highest BCUT2D eigenvalue weighted by atomic mass is 19.2. The monoisotopic (exact) mass is 300 g/mol. The minimum absolute atomic E-state index is 0.135. The van der Waals surface area contributed by atoms with Gasteiger partial charge in [0.15, 0.2) is 29.1 Å². The summed E-state index contributed by atoms with van der Waals surface area (Å²) in [7, 11) is 1.54. The molecule has 0 saturated carbocycles. The van der Waals surface area contributed by atoms with Crippen molar-refractivity contribution in [3.8, 4) is 0 Å². The second-order valence-electron chi connectivity index (χ2n) is 4.58. The zero-order valence-corrected chi connectivity index (χ0v) is 11.2. The lowest BCUT2D eigenvalue weighted by Gasteiger charge is -2.17. The van der Waals surface area contributed by atoms with Crippen molar-refractivity contribution >= 4 is 23.9 Å². The van der Waals surface area contributed by atoms with E-state index in [2.05, 4.69) is 0 Å². The Labute approximate surface area is 120 Å². The van der Waals surface area contributed by atoms with Crippen molar-refractivity contribution in [2.45, 2.75) is 0 Å². The summed E-state index contributed by atoms with van der Waals surface area (Å²) in [5, 5.41) is 0. The van der Waals surface area contributed by atoms with E-state index in [1.165, 1.54) is 12.1 Å². The molecule has 0 fully saturated rings. The molecule has 0 atom stereocenters. The third-order valence-corrected chi connectivity index (χ3v) is 2.96. The van der Waals surface area contributed by atoms with Gasteiger partial charge in [-0.2, -0.15) is 0 Å². The molecule has 110 valence electrons. The first kappa shape index (κ1) is 13.9. The molecule has 0 aromatic heterocycles. The maximum absolute atomic E-state index is 13.8. The van der Waals surface area contributed by atoms with Gasteiger partial charge in [0.05, 0.1) is 0 Å². The van der Waals surface area contributed by atoms with Gasteiger partial charge in [-0.3, -0.25) is 0 Å². The van der Waals surface area contributed by atoms with Crippen molar-refractivity contribution < 1.29 is 22.0 Å². The molecule has 0 aliphatic rings. The number of hydrogen-bond acceptors (Lipinski definition) is 1. The van der Waals surface area contributed by atoms with E-state index in [4.69, 9.17) is 1.34 Å². The Hall–Kier alpha value is -2.05. The second-order valence-corrected chi connectivity index (χ2v) is 4.58. The molecule has 21 heavy (non-hydrogen) atoms. The number of benzene rings is 2. The molecular weight excluding hydrogens is 288 g/mol. The Kier molecular flexibility index (Phi) is 3.81. The minimum Gasteiger partial charge on any atom is -0.378 e. The molecule has 0 saturated heterocycles. The summed E-state index contributed by atoms with van der Waals surface area (Å²) < 4.78 is 75.2. The Bertz CT molecular complexity index is 694. The van der Waals surface area contributed by atoms with Gasteiger partial charge in [0.1, 0.15) is 0 Å². The molecule has 2 rings (SSSR count). The van der Waals surface area contributed by atoms with E-state index in [9.17, 15) is 22.0 Å². The van der Waals surface area contributed by atoms with Crippen LogP contribution in [0.1, 0.15) is 0 Å². The van der Waals surface area contributed by atoms with Crippen LogP contribution in [0.3, 0.4) is 0 Å². The lowest BCUT2D eigenvalue weighted by atomic mass is 9.62. The highest BCUT2D eigenvalue weighted by molar-refractivity contribution is 6.69. The Morgan fingerprint density at radius 1 is 0.857 bits per heavy atom. The average Bonchev–Trinajstić information content (AvgIpc) is 2.51. The summed E-state index contributed by atoms with van der Waals surface area (Å²) >= 11 is 0. The zero-order chi connectivity index (χ0) is 16.6. The molecule has 1 nitrogen and oxygen atoms in total. The molecular formula is C14H11BF5N. The number of para-hydroxylation sites is 1. The van der Waals surface area contributed by atoms with Crippen LogP contribution in [0.5, 0.6) is 0 Å². The first-order chi connectivity index (χ1) is 10.3.